The number of hydrogen-bond acceptors (Lipinski definition) is 4. The second kappa shape index (κ2) is 6.65. The van der Waals surface area contributed by atoms with Crippen LogP contribution < -0.4 is 0 Å². The van der Waals surface area contributed by atoms with Gasteiger partial charge >= 0.3 is 5.97 Å². The van der Waals surface area contributed by atoms with Crippen molar-refractivity contribution >= 4 is 23.2 Å². The van der Waals surface area contributed by atoms with E-state index in [-0.39, 0.29) is 16.6 Å². The fourth-order valence-electron chi connectivity index (χ4n) is 1.73. The molecule has 0 saturated carbocycles. The number of carboxylic acids is 1. The van der Waals surface area contributed by atoms with Crippen LogP contribution in [0.4, 0.5) is 0 Å². The van der Waals surface area contributed by atoms with Crippen LogP contribution in [0, 0.1) is 11.8 Å². The molecular formula is C13H20N2O3S. The number of hydrogen-bond donors (Lipinski definition) is 1. The topological polar surface area (TPSA) is 70.5 Å². The Bertz CT molecular complexity index is 444. The van der Waals surface area contributed by atoms with Crippen molar-refractivity contribution in [2.45, 2.75) is 27.7 Å². The first-order valence-corrected chi connectivity index (χ1v) is 7.17. The molecule has 0 aliphatic carbocycles. The SMILES string of the molecule is CC(C)CN(CC(C)C)C(=O)c1nc(C(=O)O)cs1. The van der Waals surface area contributed by atoms with Crippen molar-refractivity contribution in [3.63, 3.8) is 0 Å². The van der Waals surface area contributed by atoms with E-state index in [0.29, 0.717) is 24.9 Å². The molecule has 1 heterocycles. The van der Waals surface area contributed by atoms with Crippen molar-refractivity contribution in [3.8, 4) is 0 Å². The van der Waals surface area contributed by atoms with E-state index in [9.17, 15) is 9.59 Å². The molecule has 0 aliphatic rings. The van der Waals surface area contributed by atoms with Crippen molar-refractivity contribution in [2.24, 2.45) is 11.8 Å². The summed E-state index contributed by atoms with van der Waals surface area (Å²) in [7, 11) is 0. The first-order chi connectivity index (χ1) is 8.81. The van der Waals surface area contributed by atoms with E-state index in [1.807, 2.05) is 27.7 Å². The van der Waals surface area contributed by atoms with Gasteiger partial charge in [-0.25, -0.2) is 9.78 Å². The standard InChI is InChI=1S/C13H20N2O3S/c1-8(2)5-15(6-9(3)4)12(16)11-14-10(7-19-11)13(17)18/h7-9H,5-6H2,1-4H3,(H,17,18). The van der Waals surface area contributed by atoms with E-state index in [0.717, 1.165) is 11.3 Å². The van der Waals surface area contributed by atoms with Gasteiger partial charge < -0.3 is 10.0 Å². The summed E-state index contributed by atoms with van der Waals surface area (Å²) in [5.74, 6) is -0.558. The largest absolute Gasteiger partial charge is 0.476 e. The molecule has 1 aromatic rings. The molecule has 5 nitrogen and oxygen atoms in total. The smallest absolute Gasteiger partial charge is 0.355 e. The first kappa shape index (κ1) is 15.6. The van der Waals surface area contributed by atoms with Crippen LogP contribution in [0.5, 0.6) is 0 Å². The van der Waals surface area contributed by atoms with E-state index >= 15 is 0 Å². The lowest BCUT2D eigenvalue weighted by Gasteiger charge is -2.25. The minimum Gasteiger partial charge on any atom is -0.476 e. The fraction of sp³-hybridized carbons (Fsp3) is 0.615. The van der Waals surface area contributed by atoms with Crippen LogP contribution in [-0.2, 0) is 0 Å². The first-order valence-electron chi connectivity index (χ1n) is 6.29. The minimum absolute atomic E-state index is 0.0672. The number of amides is 1. The van der Waals surface area contributed by atoms with Crippen molar-refractivity contribution in [3.05, 3.63) is 16.1 Å². The number of carboxylic acid groups (broad SMARTS) is 1. The Hall–Kier alpha value is -1.43. The van der Waals surface area contributed by atoms with Gasteiger partial charge in [0.05, 0.1) is 0 Å². The zero-order valence-electron chi connectivity index (χ0n) is 11.7. The summed E-state index contributed by atoms with van der Waals surface area (Å²) in [6.45, 7) is 9.49. The number of carbonyl (C=O) groups excluding carboxylic acids is 1. The third-order valence-corrected chi connectivity index (χ3v) is 3.19. The molecule has 0 aliphatic heterocycles. The third kappa shape index (κ3) is 4.63. The maximum Gasteiger partial charge on any atom is 0.355 e. The van der Waals surface area contributed by atoms with Gasteiger partial charge in [0.2, 0.25) is 0 Å². The van der Waals surface area contributed by atoms with E-state index < -0.39 is 5.97 Å². The summed E-state index contributed by atoms with van der Waals surface area (Å²) in [6.07, 6.45) is 0. The molecular weight excluding hydrogens is 264 g/mol. The normalized spacial score (nSPS) is 11.1. The molecule has 0 atom stereocenters. The second-order valence-electron chi connectivity index (χ2n) is 5.34. The van der Waals surface area contributed by atoms with Crippen LogP contribution in [0.15, 0.2) is 5.38 Å². The van der Waals surface area contributed by atoms with Gasteiger partial charge in [0.25, 0.3) is 5.91 Å². The lowest BCUT2D eigenvalue weighted by molar-refractivity contribution is 0.0690. The molecule has 1 N–H and O–H groups in total. The summed E-state index contributed by atoms with van der Waals surface area (Å²) in [6, 6.07) is 0. The summed E-state index contributed by atoms with van der Waals surface area (Å²) in [4.78, 5) is 28.7. The molecule has 0 radical (unpaired) electrons. The zero-order valence-corrected chi connectivity index (χ0v) is 12.5. The molecule has 1 rings (SSSR count). The number of thiazole rings is 1. The van der Waals surface area contributed by atoms with Gasteiger partial charge in [-0.1, -0.05) is 27.7 Å². The average Bonchev–Trinajstić information content (AvgIpc) is 2.75. The average molecular weight is 284 g/mol. The number of aromatic nitrogens is 1. The molecule has 0 bridgehead atoms. The molecule has 6 heteroatoms. The van der Waals surface area contributed by atoms with Crippen LogP contribution in [0.25, 0.3) is 0 Å². The van der Waals surface area contributed by atoms with Gasteiger partial charge in [-0.05, 0) is 11.8 Å². The zero-order chi connectivity index (χ0) is 14.6. The lowest BCUT2D eigenvalue weighted by Crippen LogP contribution is -2.37. The maximum absolute atomic E-state index is 12.3. The van der Waals surface area contributed by atoms with Crippen LogP contribution in [0.2, 0.25) is 0 Å². The van der Waals surface area contributed by atoms with Gasteiger partial charge in [-0.15, -0.1) is 11.3 Å². The highest BCUT2D eigenvalue weighted by Gasteiger charge is 2.22. The highest BCUT2D eigenvalue weighted by Crippen LogP contribution is 2.15. The quantitative estimate of drug-likeness (QED) is 0.871. The molecule has 19 heavy (non-hydrogen) atoms. The summed E-state index contributed by atoms with van der Waals surface area (Å²) >= 11 is 1.09. The Labute approximate surface area is 117 Å². The maximum atomic E-state index is 12.3. The Balaban J connectivity index is 2.87. The molecule has 1 amide bonds. The van der Waals surface area contributed by atoms with E-state index in [4.69, 9.17) is 5.11 Å². The molecule has 0 spiro atoms. The van der Waals surface area contributed by atoms with Gasteiger partial charge in [0, 0.05) is 18.5 Å². The predicted octanol–water partition coefficient (Wildman–Crippen LogP) is 2.60. The Morgan fingerprint density at radius 1 is 1.26 bits per heavy atom. The predicted molar refractivity (Wildman–Crippen MR) is 74.7 cm³/mol. The highest BCUT2D eigenvalue weighted by atomic mass is 32.1. The van der Waals surface area contributed by atoms with Gasteiger partial charge in [0.15, 0.2) is 10.7 Å². The molecule has 0 aromatic carbocycles. The minimum atomic E-state index is -1.10. The van der Waals surface area contributed by atoms with E-state index in [2.05, 4.69) is 4.98 Å². The monoisotopic (exact) mass is 284 g/mol. The molecule has 0 unspecified atom stereocenters. The van der Waals surface area contributed by atoms with Crippen molar-refractivity contribution < 1.29 is 14.7 Å². The van der Waals surface area contributed by atoms with Crippen molar-refractivity contribution in [2.75, 3.05) is 13.1 Å². The van der Waals surface area contributed by atoms with Crippen molar-refractivity contribution in [1.29, 1.82) is 0 Å². The van der Waals surface area contributed by atoms with Gasteiger partial charge in [0.1, 0.15) is 0 Å². The Kier molecular flexibility index (Phi) is 5.47. The Morgan fingerprint density at radius 2 is 1.79 bits per heavy atom. The fourth-order valence-corrected chi connectivity index (χ4v) is 2.49. The third-order valence-electron chi connectivity index (χ3n) is 2.36. The van der Waals surface area contributed by atoms with Crippen LogP contribution in [0.1, 0.15) is 48.0 Å². The molecule has 0 saturated heterocycles. The molecule has 1 aromatic heterocycles. The number of carbonyl (C=O) groups is 2. The summed E-state index contributed by atoms with van der Waals surface area (Å²) < 4.78 is 0. The van der Waals surface area contributed by atoms with E-state index in [1.165, 1.54) is 5.38 Å². The number of nitrogens with zero attached hydrogens (tertiary/aromatic N) is 2. The highest BCUT2D eigenvalue weighted by molar-refractivity contribution is 7.11. The molecule has 106 valence electrons. The van der Waals surface area contributed by atoms with Crippen molar-refractivity contribution in [1.82, 2.24) is 9.88 Å². The Morgan fingerprint density at radius 3 is 2.16 bits per heavy atom. The lowest BCUT2D eigenvalue weighted by atomic mass is 10.1. The summed E-state index contributed by atoms with van der Waals surface area (Å²) in [5, 5.41) is 10.5. The van der Waals surface area contributed by atoms with Crippen LogP contribution in [-0.4, -0.2) is 40.0 Å². The van der Waals surface area contributed by atoms with Crippen LogP contribution in [0.3, 0.4) is 0 Å². The summed E-state index contributed by atoms with van der Waals surface area (Å²) in [5.41, 5.74) is -0.0672. The van der Waals surface area contributed by atoms with E-state index in [1.54, 1.807) is 4.90 Å². The second-order valence-corrected chi connectivity index (χ2v) is 6.20. The van der Waals surface area contributed by atoms with Gasteiger partial charge in [-0.2, -0.15) is 0 Å². The number of rotatable bonds is 6. The van der Waals surface area contributed by atoms with Crippen LogP contribution >= 0.6 is 11.3 Å². The van der Waals surface area contributed by atoms with Gasteiger partial charge in [-0.3, -0.25) is 4.79 Å². The molecule has 0 fully saturated rings. The number of aromatic carboxylic acids is 1.